The van der Waals surface area contributed by atoms with Crippen molar-refractivity contribution >= 4 is 11.9 Å². The van der Waals surface area contributed by atoms with Gasteiger partial charge in [0.1, 0.15) is 0 Å². The van der Waals surface area contributed by atoms with Crippen LogP contribution in [0, 0.1) is 0 Å². The van der Waals surface area contributed by atoms with Gasteiger partial charge in [-0.05, 0) is 17.7 Å². The summed E-state index contributed by atoms with van der Waals surface area (Å²) in [6.07, 6.45) is -1.06. The second-order valence-electron chi connectivity index (χ2n) is 2.88. The van der Waals surface area contributed by atoms with Crippen LogP contribution in [0.3, 0.4) is 0 Å². The fourth-order valence-electron chi connectivity index (χ4n) is 1.18. The third kappa shape index (κ3) is 2.54. The molecule has 0 spiro atoms. The highest BCUT2D eigenvalue weighted by molar-refractivity contribution is 5.87. The van der Waals surface area contributed by atoms with Crippen LogP contribution in [0.4, 0.5) is 0 Å². The molecular weight excluding hydrogens is 200 g/mol. The van der Waals surface area contributed by atoms with Gasteiger partial charge in [0.2, 0.25) is 0 Å². The van der Waals surface area contributed by atoms with E-state index < -0.39 is 18.0 Å². The van der Waals surface area contributed by atoms with E-state index in [1.165, 1.54) is 31.4 Å². The summed E-state index contributed by atoms with van der Waals surface area (Å²) in [5.74, 6) is -2.16. The maximum atomic E-state index is 10.7. The molecule has 5 heteroatoms. The molecule has 2 N–H and O–H groups in total. The van der Waals surface area contributed by atoms with Gasteiger partial charge in [0, 0.05) is 7.11 Å². The summed E-state index contributed by atoms with van der Waals surface area (Å²) in [6, 6.07) is 5.52. The van der Waals surface area contributed by atoms with Gasteiger partial charge >= 0.3 is 11.9 Å². The largest absolute Gasteiger partial charge is 0.479 e. The standard InChI is InChI=1S/C10H10O5/c1-15-8(10(13)14)6-2-4-7(5-3-6)9(11)12/h2-5,8H,1H3,(H,11,12)(H,13,14). The Hall–Kier alpha value is -1.88. The lowest BCUT2D eigenvalue weighted by molar-refractivity contribution is -0.148. The van der Waals surface area contributed by atoms with Crippen molar-refractivity contribution in [3.05, 3.63) is 35.4 Å². The number of methoxy groups -OCH3 is 1. The van der Waals surface area contributed by atoms with Gasteiger partial charge in [0.15, 0.2) is 6.10 Å². The van der Waals surface area contributed by atoms with E-state index in [9.17, 15) is 9.59 Å². The van der Waals surface area contributed by atoms with Gasteiger partial charge in [0.05, 0.1) is 5.56 Å². The van der Waals surface area contributed by atoms with Gasteiger partial charge in [0.25, 0.3) is 0 Å². The van der Waals surface area contributed by atoms with Crippen molar-refractivity contribution in [2.45, 2.75) is 6.10 Å². The van der Waals surface area contributed by atoms with Crippen molar-refractivity contribution in [1.82, 2.24) is 0 Å². The minimum Gasteiger partial charge on any atom is -0.479 e. The Balaban J connectivity index is 2.97. The number of hydrogen-bond acceptors (Lipinski definition) is 3. The molecule has 0 aliphatic heterocycles. The number of carboxylic acids is 2. The molecule has 1 rings (SSSR count). The number of aromatic carboxylic acids is 1. The van der Waals surface area contributed by atoms with E-state index in [-0.39, 0.29) is 5.56 Å². The Bertz CT molecular complexity index is 368. The number of rotatable bonds is 4. The molecule has 1 atom stereocenters. The van der Waals surface area contributed by atoms with E-state index in [4.69, 9.17) is 14.9 Å². The SMILES string of the molecule is COC(C(=O)O)c1ccc(C(=O)O)cc1. The van der Waals surface area contributed by atoms with Crippen LogP contribution in [0.15, 0.2) is 24.3 Å². The summed E-state index contributed by atoms with van der Waals surface area (Å²) in [5, 5.41) is 17.4. The van der Waals surface area contributed by atoms with Gasteiger partial charge < -0.3 is 14.9 Å². The number of aliphatic carboxylic acids is 1. The van der Waals surface area contributed by atoms with Crippen LogP contribution in [0.1, 0.15) is 22.0 Å². The maximum Gasteiger partial charge on any atom is 0.337 e. The fourth-order valence-corrected chi connectivity index (χ4v) is 1.18. The molecule has 0 saturated carbocycles. The van der Waals surface area contributed by atoms with Crippen molar-refractivity contribution in [2.75, 3.05) is 7.11 Å². The minimum absolute atomic E-state index is 0.110. The van der Waals surface area contributed by atoms with Crippen LogP contribution in [0.5, 0.6) is 0 Å². The predicted octanol–water partition coefficient (Wildman–Crippen LogP) is 1.16. The van der Waals surface area contributed by atoms with Crippen LogP contribution in [0.2, 0.25) is 0 Å². The van der Waals surface area contributed by atoms with Gasteiger partial charge in [-0.3, -0.25) is 0 Å². The first-order valence-corrected chi connectivity index (χ1v) is 4.15. The molecule has 0 amide bonds. The number of hydrogen-bond donors (Lipinski definition) is 2. The lowest BCUT2D eigenvalue weighted by atomic mass is 10.1. The molecule has 0 radical (unpaired) electrons. The number of benzene rings is 1. The topological polar surface area (TPSA) is 83.8 Å². The Labute approximate surface area is 85.9 Å². The molecule has 1 unspecified atom stereocenters. The molecule has 0 saturated heterocycles. The van der Waals surface area contributed by atoms with Crippen molar-refractivity contribution < 1.29 is 24.5 Å². The third-order valence-electron chi connectivity index (χ3n) is 1.92. The van der Waals surface area contributed by atoms with E-state index >= 15 is 0 Å². The van der Waals surface area contributed by atoms with Gasteiger partial charge in [-0.1, -0.05) is 12.1 Å². The molecule has 0 bridgehead atoms. The lowest BCUT2D eigenvalue weighted by Crippen LogP contribution is -2.13. The monoisotopic (exact) mass is 210 g/mol. The third-order valence-corrected chi connectivity index (χ3v) is 1.92. The Morgan fingerprint density at radius 1 is 1.20 bits per heavy atom. The first-order chi connectivity index (χ1) is 7.06. The van der Waals surface area contributed by atoms with Crippen LogP contribution in [-0.2, 0) is 9.53 Å². The highest BCUT2D eigenvalue weighted by Crippen LogP contribution is 2.17. The van der Waals surface area contributed by atoms with E-state index in [1.807, 2.05) is 0 Å². The molecule has 1 aromatic rings. The molecule has 1 aromatic carbocycles. The molecule has 0 aliphatic carbocycles. The second kappa shape index (κ2) is 4.56. The van der Waals surface area contributed by atoms with Gasteiger partial charge in [-0.25, -0.2) is 9.59 Å². The lowest BCUT2D eigenvalue weighted by Gasteiger charge is -2.10. The smallest absolute Gasteiger partial charge is 0.337 e. The molecule has 15 heavy (non-hydrogen) atoms. The number of carbonyl (C=O) groups is 2. The highest BCUT2D eigenvalue weighted by atomic mass is 16.5. The zero-order valence-electron chi connectivity index (χ0n) is 8.01. The summed E-state index contributed by atoms with van der Waals surface area (Å²) >= 11 is 0. The molecule has 80 valence electrons. The van der Waals surface area contributed by atoms with Crippen LogP contribution in [0.25, 0.3) is 0 Å². The van der Waals surface area contributed by atoms with Gasteiger partial charge in [-0.2, -0.15) is 0 Å². The molecular formula is C10H10O5. The molecule has 0 aliphatic rings. The first-order valence-electron chi connectivity index (χ1n) is 4.15. The predicted molar refractivity (Wildman–Crippen MR) is 50.8 cm³/mol. The zero-order valence-corrected chi connectivity index (χ0v) is 8.01. The molecule has 0 heterocycles. The zero-order chi connectivity index (χ0) is 11.4. The van der Waals surface area contributed by atoms with Crippen LogP contribution in [-0.4, -0.2) is 29.3 Å². The molecule has 0 fully saturated rings. The summed E-state index contributed by atoms with van der Waals surface area (Å²) in [4.78, 5) is 21.2. The van der Waals surface area contributed by atoms with E-state index in [1.54, 1.807) is 0 Å². The van der Waals surface area contributed by atoms with Crippen molar-refractivity contribution in [2.24, 2.45) is 0 Å². The average Bonchev–Trinajstić information content (AvgIpc) is 2.19. The molecule has 0 aromatic heterocycles. The fraction of sp³-hybridized carbons (Fsp3) is 0.200. The normalized spacial score (nSPS) is 12.1. The Morgan fingerprint density at radius 3 is 2.07 bits per heavy atom. The summed E-state index contributed by atoms with van der Waals surface area (Å²) < 4.78 is 4.75. The van der Waals surface area contributed by atoms with Crippen molar-refractivity contribution in [1.29, 1.82) is 0 Å². The van der Waals surface area contributed by atoms with Gasteiger partial charge in [-0.15, -0.1) is 0 Å². The second-order valence-corrected chi connectivity index (χ2v) is 2.88. The first kappa shape index (κ1) is 11.2. The quantitative estimate of drug-likeness (QED) is 0.778. The van der Waals surface area contributed by atoms with Crippen molar-refractivity contribution in [3.63, 3.8) is 0 Å². The highest BCUT2D eigenvalue weighted by Gasteiger charge is 2.18. The average molecular weight is 210 g/mol. The van der Waals surface area contributed by atoms with Crippen LogP contribution >= 0.6 is 0 Å². The summed E-state index contributed by atoms with van der Waals surface area (Å²) in [6.45, 7) is 0. The van der Waals surface area contributed by atoms with Crippen molar-refractivity contribution in [3.8, 4) is 0 Å². The minimum atomic E-state index is -1.11. The van der Waals surface area contributed by atoms with E-state index in [0.29, 0.717) is 5.56 Å². The van der Waals surface area contributed by atoms with E-state index in [2.05, 4.69) is 0 Å². The maximum absolute atomic E-state index is 10.7. The number of carboxylic acid groups (broad SMARTS) is 2. The summed E-state index contributed by atoms with van der Waals surface area (Å²) in [5.41, 5.74) is 0.522. The molecule has 5 nitrogen and oxygen atoms in total. The van der Waals surface area contributed by atoms with Crippen LogP contribution < -0.4 is 0 Å². The Kier molecular flexibility index (Phi) is 3.41. The van der Waals surface area contributed by atoms with E-state index in [0.717, 1.165) is 0 Å². The Morgan fingerprint density at radius 2 is 1.73 bits per heavy atom. The number of ether oxygens (including phenoxy) is 1. The summed E-state index contributed by atoms with van der Waals surface area (Å²) in [7, 11) is 1.28.